The van der Waals surface area contributed by atoms with Gasteiger partial charge in [0.05, 0.1) is 6.04 Å². The van der Waals surface area contributed by atoms with E-state index in [4.69, 9.17) is 0 Å². The van der Waals surface area contributed by atoms with Gasteiger partial charge in [0, 0.05) is 25.1 Å². The van der Waals surface area contributed by atoms with Crippen molar-refractivity contribution >= 4 is 11.8 Å². The van der Waals surface area contributed by atoms with Gasteiger partial charge < -0.3 is 15.3 Å². The van der Waals surface area contributed by atoms with Gasteiger partial charge in [-0.25, -0.2) is 0 Å². The number of aromatic hydroxyl groups is 1. The molecule has 0 aromatic heterocycles. The van der Waals surface area contributed by atoms with Crippen LogP contribution < -0.4 is 5.32 Å². The molecule has 0 bridgehead atoms. The number of aryl methyl sites for hydroxylation is 1. The molecule has 0 radical (unpaired) electrons. The molecule has 1 aliphatic carbocycles. The molecule has 1 aromatic carbocycles. The number of likely N-dealkylation sites (tertiary alicyclic amines) is 1. The number of benzene rings is 1. The van der Waals surface area contributed by atoms with Crippen LogP contribution in [0.15, 0.2) is 18.2 Å². The molecule has 0 spiro atoms. The van der Waals surface area contributed by atoms with Gasteiger partial charge in [-0.3, -0.25) is 9.59 Å². The minimum Gasteiger partial charge on any atom is -0.508 e. The topological polar surface area (TPSA) is 69.6 Å². The van der Waals surface area contributed by atoms with E-state index in [0.717, 1.165) is 6.54 Å². The van der Waals surface area contributed by atoms with Crippen molar-refractivity contribution in [2.75, 3.05) is 13.1 Å². The lowest BCUT2D eigenvalue weighted by molar-refractivity contribution is -0.128. The van der Waals surface area contributed by atoms with E-state index >= 15 is 0 Å². The molecule has 5 nitrogen and oxygen atoms in total. The molecular weight excluding hydrogens is 304 g/mol. The maximum atomic E-state index is 12.3. The molecule has 130 valence electrons. The lowest BCUT2D eigenvalue weighted by Gasteiger charge is -2.27. The number of phenols is 1. The van der Waals surface area contributed by atoms with Gasteiger partial charge in [-0.2, -0.15) is 0 Å². The Bertz CT molecular complexity index is 623. The summed E-state index contributed by atoms with van der Waals surface area (Å²) in [5.41, 5.74) is 1.19. The van der Waals surface area contributed by atoms with Crippen molar-refractivity contribution in [3.8, 4) is 5.75 Å². The Kier molecular flexibility index (Phi) is 5.07. The molecule has 0 unspecified atom stereocenters. The van der Waals surface area contributed by atoms with Crippen LogP contribution in [0, 0.1) is 12.8 Å². The standard InChI is InChI=1S/C19H26N2O3/c1-13-9-15(7-8-17(13)22)19(24)20-16-10-18(23)21(12-16)11-14-5-3-2-4-6-14/h7-9,14,16,22H,2-6,10-12H2,1H3,(H,20,24)/t16-/m1/s1. The van der Waals surface area contributed by atoms with Gasteiger partial charge in [-0.15, -0.1) is 0 Å². The van der Waals surface area contributed by atoms with Crippen LogP contribution in [0.4, 0.5) is 0 Å². The largest absolute Gasteiger partial charge is 0.508 e. The lowest BCUT2D eigenvalue weighted by atomic mass is 9.89. The minimum absolute atomic E-state index is 0.123. The maximum absolute atomic E-state index is 12.3. The van der Waals surface area contributed by atoms with Gasteiger partial charge in [-0.1, -0.05) is 19.3 Å². The molecule has 2 aliphatic rings. The molecule has 1 saturated carbocycles. The second-order valence-corrected chi connectivity index (χ2v) is 7.18. The summed E-state index contributed by atoms with van der Waals surface area (Å²) in [6.45, 7) is 3.21. The zero-order valence-corrected chi connectivity index (χ0v) is 14.3. The van der Waals surface area contributed by atoms with Crippen LogP contribution in [0.3, 0.4) is 0 Å². The summed E-state index contributed by atoms with van der Waals surface area (Å²) in [5, 5.41) is 12.5. The van der Waals surface area contributed by atoms with Crippen LogP contribution in [0.5, 0.6) is 5.75 Å². The molecule has 1 saturated heterocycles. The molecule has 2 amide bonds. The minimum atomic E-state index is -0.185. The van der Waals surface area contributed by atoms with Crippen LogP contribution >= 0.6 is 0 Å². The molecule has 1 aromatic rings. The highest BCUT2D eigenvalue weighted by atomic mass is 16.3. The van der Waals surface area contributed by atoms with E-state index in [1.807, 2.05) is 4.90 Å². The summed E-state index contributed by atoms with van der Waals surface area (Å²) in [4.78, 5) is 26.5. The van der Waals surface area contributed by atoms with Gasteiger partial charge in [0.25, 0.3) is 5.91 Å². The molecule has 1 atom stereocenters. The first-order valence-electron chi connectivity index (χ1n) is 8.91. The number of rotatable bonds is 4. The zero-order chi connectivity index (χ0) is 17.1. The Morgan fingerprint density at radius 3 is 2.75 bits per heavy atom. The summed E-state index contributed by atoms with van der Waals surface area (Å²) in [7, 11) is 0. The molecule has 2 fully saturated rings. The molecular formula is C19H26N2O3. The Morgan fingerprint density at radius 1 is 1.29 bits per heavy atom. The molecule has 1 heterocycles. The van der Waals surface area contributed by atoms with Gasteiger partial charge >= 0.3 is 0 Å². The predicted molar refractivity (Wildman–Crippen MR) is 91.9 cm³/mol. The van der Waals surface area contributed by atoms with E-state index in [2.05, 4.69) is 5.32 Å². The number of carbonyl (C=O) groups excluding carboxylic acids is 2. The number of nitrogens with one attached hydrogen (secondary N) is 1. The summed E-state index contributed by atoms with van der Waals surface area (Å²) >= 11 is 0. The highest BCUT2D eigenvalue weighted by Crippen LogP contribution is 2.26. The molecule has 3 rings (SSSR count). The van der Waals surface area contributed by atoms with E-state index in [-0.39, 0.29) is 23.6 Å². The second kappa shape index (κ2) is 7.24. The third kappa shape index (κ3) is 3.89. The van der Waals surface area contributed by atoms with Crippen LogP contribution in [-0.2, 0) is 4.79 Å². The fourth-order valence-electron chi connectivity index (χ4n) is 3.79. The van der Waals surface area contributed by atoms with Crippen LogP contribution in [0.1, 0.15) is 54.4 Å². The number of phenolic OH excluding ortho intramolecular Hbond substituents is 1. The number of nitrogens with zero attached hydrogens (tertiary/aromatic N) is 1. The van der Waals surface area contributed by atoms with Gasteiger partial charge in [0.15, 0.2) is 0 Å². The Hall–Kier alpha value is -2.04. The van der Waals surface area contributed by atoms with Crippen molar-refractivity contribution in [2.45, 2.75) is 51.5 Å². The van der Waals surface area contributed by atoms with E-state index < -0.39 is 0 Å². The average molecular weight is 330 g/mol. The maximum Gasteiger partial charge on any atom is 0.251 e. The summed E-state index contributed by atoms with van der Waals surface area (Å²) in [5.74, 6) is 0.765. The molecule has 2 N–H and O–H groups in total. The third-order valence-electron chi connectivity index (χ3n) is 5.21. The smallest absolute Gasteiger partial charge is 0.251 e. The normalized spacial score (nSPS) is 22.0. The van der Waals surface area contributed by atoms with E-state index in [9.17, 15) is 14.7 Å². The quantitative estimate of drug-likeness (QED) is 0.891. The van der Waals surface area contributed by atoms with Crippen molar-refractivity contribution in [1.82, 2.24) is 10.2 Å². The zero-order valence-electron chi connectivity index (χ0n) is 14.3. The summed E-state index contributed by atoms with van der Waals surface area (Å²) in [6.07, 6.45) is 6.67. The fraction of sp³-hybridized carbons (Fsp3) is 0.579. The molecule has 24 heavy (non-hydrogen) atoms. The summed E-state index contributed by atoms with van der Waals surface area (Å²) < 4.78 is 0. The lowest BCUT2D eigenvalue weighted by Crippen LogP contribution is -2.38. The Labute approximate surface area is 143 Å². The Balaban J connectivity index is 1.55. The first-order valence-corrected chi connectivity index (χ1v) is 8.91. The second-order valence-electron chi connectivity index (χ2n) is 7.18. The van der Waals surface area contributed by atoms with Crippen molar-refractivity contribution in [3.63, 3.8) is 0 Å². The monoisotopic (exact) mass is 330 g/mol. The fourth-order valence-corrected chi connectivity index (χ4v) is 3.79. The number of hydrogen-bond acceptors (Lipinski definition) is 3. The van der Waals surface area contributed by atoms with E-state index in [0.29, 0.717) is 30.0 Å². The van der Waals surface area contributed by atoms with Crippen molar-refractivity contribution < 1.29 is 14.7 Å². The van der Waals surface area contributed by atoms with Crippen LogP contribution in [-0.4, -0.2) is 41.0 Å². The van der Waals surface area contributed by atoms with E-state index in [1.54, 1.807) is 19.1 Å². The van der Waals surface area contributed by atoms with E-state index in [1.165, 1.54) is 38.2 Å². The van der Waals surface area contributed by atoms with Gasteiger partial charge in [0.1, 0.15) is 5.75 Å². The summed E-state index contributed by atoms with van der Waals surface area (Å²) in [6, 6.07) is 4.68. The first kappa shape index (κ1) is 16.8. The SMILES string of the molecule is Cc1cc(C(=O)N[C@@H]2CC(=O)N(CC3CCCCC3)C2)ccc1O. The average Bonchev–Trinajstić information content (AvgIpc) is 2.90. The van der Waals surface area contributed by atoms with Crippen molar-refractivity contribution in [2.24, 2.45) is 5.92 Å². The van der Waals surface area contributed by atoms with Gasteiger partial charge in [-0.05, 0) is 49.4 Å². The Morgan fingerprint density at radius 2 is 2.04 bits per heavy atom. The number of hydrogen-bond donors (Lipinski definition) is 2. The first-order chi connectivity index (χ1) is 11.5. The number of carbonyl (C=O) groups is 2. The number of amides is 2. The van der Waals surface area contributed by atoms with Gasteiger partial charge in [0.2, 0.25) is 5.91 Å². The third-order valence-corrected chi connectivity index (χ3v) is 5.21. The van der Waals surface area contributed by atoms with Crippen molar-refractivity contribution in [3.05, 3.63) is 29.3 Å². The van der Waals surface area contributed by atoms with Crippen molar-refractivity contribution in [1.29, 1.82) is 0 Å². The van der Waals surface area contributed by atoms with Crippen LogP contribution in [0.2, 0.25) is 0 Å². The van der Waals surface area contributed by atoms with Crippen LogP contribution in [0.25, 0.3) is 0 Å². The molecule has 1 aliphatic heterocycles. The highest BCUT2D eigenvalue weighted by molar-refractivity contribution is 5.95. The molecule has 5 heteroatoms. The predicted octanol–water partition coefficient (Wildman–Crippen LogP) is 2.61. The highest BCUT2D eigenvalue weighted by Gasteiger charge is 2.32.